The maximum atomic E-state index is 12.4. The number of pyridine rings is 1. The van der Waals surface area contributed by atoms with E-state index >= 15 is 0 Å². The number of fused-ring (bicyclic) bond motifs is 3. The molecule has 3 heterocycles. The predicted molar refractivity (Wildman–Crippen MR) is 147 cm³/mol. The standard InChI is InChI=1S/C28H28N6O3S/c1-5-20(16-37-17(2)35)30-28-31-23-13-12-22-24(19-7-6-14-29-15-19)32-34(25(22)26(23)38-28)21-10-8-18(9-11-21)27(36)33(3)4/h5-11,14-15H,12-13,16H2,1-4H3,(H,30,31)/b20-5-. The number of aromatic nitrogens is 4. The number of rotatable bonds is 7. The maximum Gasteiger partial charge on any atom is 0.303 e. The van der Waals surface area contributed by atoms with Crippen molar-refractivity contribution in [3.05, 3.63) is 77.4 Å². The molecule has 1 N–H and O–H groups in total. The van der Waals surface area contributed by atoms with Gasteiger partial charge in [0.15, 0.2) is 5.13 Å². The van der Waals surface area contributed by atoms with Crippen LogP contribution in [0.25, 0.3) is 27.5 Å². The number of esters is 1. The predicted octanol–water partition coefficient (Wildman–Crippen LogP) is 4.74. The third-order valence-corrected chi connectivity index (χ3v) is 7.27. The normalized spacial score (nSPS) is 12.5. The van der Waals surface area contributed by atoms with Gasteiger partial charge in [0.05, 0.1) is 33.3 Å². The van der Waals surface area contributed by atoms with E-state index in [0.29, 0.717) is 5.56 Å². The second-order valence-electron chi connectivity index (χ2n) is 9.09. The first-order valence-electron chi connectivity index (χ1n) is 12.3. The number of thiazole rings is 1. The van der Waals surface area contributed by atoms with E-state index in [0.717, 1.165) is 62.4 Å². The summed E-state index contributed by atoms with van der Waals surface area (Å²) in [5, 5.41) is 9.08. The van der Waals surface area contributed by atoms with Gasteiger partial charge < -0.3 is 15.0 Å². The lowest BCUT2D eigenvalue weighted by molar-refractivity contribution is -0.139. The molecule has 10 heteroatoms. The van der Waals surface area contributed by atoms with Crippen LogP contribution in [-0.2, 0) is 22.4 Å². The smallest absolute Gasteiger partial charge is 0.303 e. The van der Waals surface area contributed by atoms with Gasteiger partial charge in [-0.15, -0.1) is 0 Å². The van der Waals surface area contributed by atoms with Crippen LogP contribution < -0.4 is 5.32 Å². The van der Waals surface area contributed by atoms with Gasteiger partial charge in [-0.3, -0.25) is 14.6 Å². The molecule has 0 aliphatic heterocycles. The van der Waals surface area contributed by atoms with Gasteiger partial charge in [-0.05, 0) is 56.2 Å². The molecule has 0 fully saturated rings. The Labute approximate surface area is 224 Å². The summed E-state index contributed by atoms with van der Waals surface area (Å²) in [6, 6.07) is 11.4. The van der Waals surface area contributed by atoms with Crippen LogP contribution in [0.4, 0.5) is 5.13 Å². The van der Waals surface area contributed by atoms with Crippen molar-refractivity contribution >= 4 is 28.3 Å². The molecule has 1 aliphatic rings. The van der Waals surface area contributed by atoms with Gasteiger partial charge in [0.25, 0.3) is 5.91 Å². The number of nitrogens with zero attached hydrogens (tertiary/aromatic N) is 5. The number of ether oxygens (including phenoxy) is 1. The summed E-state index contributed by atoms with van der Waals surface area (Å²) < 4.78 is 7.10. The van der Waals surface area contributed by atoms with Crippen molar-refractivity contribution in [3.63, 3.8) is 0 Å². The molecule has 0 unspecified atom stereocenters. The van der Waals surface area contributed by atoms with E-state index in [1.807, 2.05) is 60.3 Å². The molecule has 0 radical (unpaired) electrons. The van der Waals surface area contributed by atoms with Gasteiger partial charge in [-0.2, -0.15) is 5.10 Å². The van der Waals surface area contributed by atoms with Gasteiger partial charge in [0, 0.05) is 50.1 Å². The summed E-state index contributed by atoms with van der Waals surface area (Å²) >= 11 is 1.54. The summed E-state index contributed by atoms with van der Waals surface area (Å²) in [6.07, 6.45) is 7.02. The van der Waals surface area contributed by atoms with Crippen LogP contribution in [0.5, 0.6) is 0 Å². The minimum atomic E-state index is -0.334. The zero-order valence-electron chi connectivity index (χ0n) is 21.7. The monoisotopic (exact) mass is 528 g/mol. The molecule has 4 aromatic rings. The molecule has 5 rings (SSSR count). The summed E-state index contributed by atoms with van der Waals surface area (Å²) in [5.41, 5.74) is 7.19. The Hall–Kier alpha value is -4.31. The highest BCUT2D eigenvalue weighted by Gasteiger charge is 2.30. The maximum absolute atomic E-state index is 12.4. The van der Waals surface area contributed by atoms with Crippen LogP contribution >= 0.6 is 11.3 Å². The molecule has 0 saturated heterocycles. The van der Waals surface area contributed by atoms with Crippen molar-refractivity contribution < 1.29 is 14.3 Å². The van der Waals surface area contributed by atoms with E-state index < -0.39 is 0 Å². The Kier molecular flexibility index (Phi) is 7.06. The van der Waals surface area contributed by atoms with E-state index in [4.69, 9.17) is 14.8 Å². The fraction of sp³-hybridized carbons (Fsp3) is 0.250. The molecule has 38 heavy (non-hydrogen) atoms. The van der Waals surface area contributed by atoms with Crippen molar-refractivity contribution in [3.8, 4) is 27.5 Å². The topological polar surface area (TPSA) is 102 Å². The van der Waals surface area contributed by atoms with Crippen molar-refractivity contribution in [2.24, 2.45) is 0 Å². The van der Waals surface area contributed by atoms with E-state index in [1.54, 1.807) is 36.5 Å². The third-order valence-electron chi connectivity index (χ3n) is 6.25. The Morgan fingerprint density at radius 2 is 1.97 bits per heavy atom. The van der Waals surface area contributed by atoms with Crippen LogP contribution in [0.3, 0.4) is 0 Å². The van der Waals surface area contributed by atoms with Crippen molar-refractivity contribution in [1.29, 1.82) is 0 Å². The number of anilines is 1. The molecule has 0 atom stereocenters. The molecular formula is C28H28N6O3S. The highest BCUT2D eigenvalue weighted by atomic mass is 32.1. The number of carbonyl (C=O) groups is 2. The molecule has 0 spiro atoms. The Morgan fingerprint density at radius 1 is 1.18 bits per heavy atom. The fourth-order valence-corrected chi connectivity index (χ4v) is 5.46. The summed E-state index contributed by atoms with van der Waals surface area (Å²) in [6.45, 7) is 3.43. The number of amides is 1. The van der Waals surface area contributed by atoms with Gasteiger partial charge >= 0.3 is 5.97 Å². The lowest BCUT2D eigenvalue weighted by Gasteiger charge is -2.15. The van der Waals surface area contributed by atoms with E-state index in [9.17, 15) is 9.59 Å². The average Bonchev–Trinajstić information content (AvgIpc) is 3.52. The van der Waals surface area contributed by atoms with Crippen LogP contribution in [0.15, 0.2) is 60.6 Å². The van der Waals surface area contributed by atoms with Crippen molar-refractivity contribution in [2.75, 3.05) is 26.0 Å². The zero-order chi connectivity index (χ0) is 26.8. The number of nitrogens with one attached hydrogen (secondary N) is 1. The molecular weight excluding hydrogens is 500 g/mol. The Balaban J connectivity index is 1.58. The Morgan fingerprint density at radius 3 is 2.63 bits per heavy atom. The molecule has 1 amide bonds. The summed E-state index contributed by atoms with van der Waals surface area (Å²) in [5.74, 6) is -0.386. The number of allylic oxidation sites excluding steroid dienone is 1. The first-order valence-corrected chi connectivity index (χ1v) is 13.1. The second-order valence-corrected chi connectivity index (χ2v) is 10.1. The molecule has 3 aromatic heterocycles. The molecule has 0 saturated carbocycles. The minimum Gasteiger partial charge on any atom is -0.459 e. The molecule has 0 bridgehead atoms. The van der Waals surface area contributed by atoms with Gasteiger partial charge in [0.2, 0.25) is 0 Å². The number of carbonyl (C=O) groups excluding carboxylic acids is 2. The van der Waals surface area contributed by atoms with E-state index in [-0.39, 0.29) is 18.5 Å². The van der Waals surface area contributed by atoms with Gasteiger partial charge in [-0.1, -0.05) is 17.4 Å². The van der Waals surface area contributed by atoms with Crippen LogP contribution in [0, 0.1) is 0 Å². The first-order chi connectivity index (χ1) is 18.4. The van der Waals surface area contributed by atoms with Crippen LogP contribution in [0.2, 0.25) is 0 Å². The SMILES string of the molecule is C/C=C(/COC(C)=O)Nc1nc2c(s1)-c1c(c(-c3cccnc3)nn1-c1ccc(C(=O)N(C)C)cc1)CC2. The Bertz CT molecular complexity index is 1520. The number of hydrogen-bond donors (Lipinski definition) is 1. The van der Waals surface area contributed by atoms with Crippen molar-refractivity contribution in [2.45, 2.75) is 26.7 Å². The molecule has 1 aliphatic carbocycles. The molecule has 1 aromatic carbocycles. The number of aryl methyl sites for hydroxylation is 1. The van der Waals surface area contributed by atoms with Crippen molar-refractivity contribution in [1.82, 2.24) is 24.6 Å². The highest BCUT2D eigenvalue weighted by Crippen LogP contribution is 2.44. The first kappa shape index (κ1) is 25.3. The largest absolute Gasteiger partial charge is 0.459 e. The molecule has 194 valence electrons. The molecule has 9 nitrogen and oxygen atoms in total. The summed E-state index contributed by atoms with van der Waals surface area (Å²) in [7, 11) is 3.48. The van der Waals surface area contributed by atoms with Gasteiger partial charge in [-0.25, -0.2) is 9.67 Å². The van der Waals surface area contributed by atoms with Crippen LogP contribution in [0.1, 0.15) is 35.5 Å². The quantitative estimate of drug-likeness (QED) is 0.346. The van der Waals surface area contributed by atoms with E-state index in [1.165, 1.54) is 6.92 Å². The third kappa shape index (κ3) is 4.95. The fourth-order valence-electron chi connectivity index (χ4n) is 4.36. The average molecular weight is 529 g/mol. The van der Waals surface area contributed by atoms with Crippen LogP contribution in [-0.4, -0.2) is 57.2 Å². The highest BCUT2D eigenvalue weighted by molar-refractivity contribution is 7.19. The minimum absolute atomic E-state index is 0.0518. The number of benzene rings is 1. The summed E-state index contributed by atoms with van der Waals surface area (Å²) in [4.78, 5) is 35.5. The van der Waals surface area contributed by atoms with Gasteiger partial charge in [0.1, 0.15) is 6.61 Å². The second kappa shape index (κ2) is 10.6. The lowest BCUT2D eigenvalue weighted by Crippen LogP contribution is -2.21. The lowest BCUT2D eigenvalue weighted by atomic mass is 9.95. The number of hydrogen-bond acceptors (Lipinski definition) is 8. The zero-order valence-corrected chi connectivity index (χ0v) is 22.5. The van der Waals surface area contributed by atoms with E-state index in [2.05, 4.69) is 10.3 Å².